The maximum atomic E-state index is 13.5. The van der Waals surface area contributed by atoms with Crippen LogP contribution in [0.15, 0.2) is 18.2 Å². The number of nitrogens with one attached hydrogen (secondary N) is 1. The lowest BCUT2D eigenvalue weighted by Gasteiger charge is -2.45. The fourth-order valence-electron chi connectivity index (χ4n) is 5.97. The number of benzene rings is 1. The molecular weight excluding hydrogens is 441 g/mol. The number of hydrogen-bond donors (Lipinski definition) is 1. The van der Waals surface area contributed by atoms with Crippen LogP contribution in [0.4, 0.5) is 23.7 Å². The Labute approximate surface area is 180 Å². The van der Waals surface area contributed by atoms with Crippen LogP contribution in [0.3, 0.4) is 0 Å². The second kappa shape index (κ2) is 6.49. The van der Waals surface area contributed by atoms with Gasteiger partial charge in [-0.3, -0.25) is 9.69 Å². The third-order valence-corrected chi connectivity index (χ3v) is 7.39. The third-order valence-electron chi connectivity index (χ3n) is 7.06. The largest absolute Gasteiger partial charge is 0.453 e. The zero-order chi connectivity index (χ0) is 22.3. The van der Waals surface area contributed by atoms with Gasteiger partial charge in [0.05, 0.1) is 53.4 Å². The zero-order valence-electron chi connectivity index (χ0n) is 16.7. The molecule has 2 bridgehead atoms. The van der Waals surface area contributed by atoms with E-state index >= 15 is 0 Å². The fraction of sp³-hybridized carbons (Fsp3) is 0.600. The molecule has 1 spiro atoms. The number of halogens is 4. The first kappa shape index (κ1) is 20.8. The van der Waals surface area contributed by atoms with Crippen molar-refractivity contribution in [3.8, 4) is 0 Å². The van der Waals surface area contributed by atoms with Crippen molar-refractivity contribution in [2.75, 3.05) is 18.6 Å². The molecule has 31 heavy (non-hydrogen) atoms. The van der Waals surface area contributed by atoms with E-state index in [-0.39, 0.29) is 18.2 Å². The lowest BCUT2D eigenvalue weighted by atomic mass is 9.64. The molecule has 4 fully saturated rings. The first-order valence-electron chi connectivity index (χ1n) is 9.88. The van der Waals surface area contributed by atoms with E-state index in [2.05, 4.69) is 5.32 Å². The zero-order valence-corrected chi connectivity index (χ0v) is 17.4. The summed E-state index contributed by atoms with van der Waals surface area (Å²) in [5.74, 6) is -1.40. The highest BCUT2D eigenvalue weighted by Crippen LogP contribution is 2.65. The number of amides is 2. The highest BCUT2D eigenvalue weighted by Gasteiger charge is 2.78. The second-order valence-electron chi connectivity index (χ2n) is 8.65. The number of carbonyl (C=O) groups excluding carboxylic acids is 2. The van der Waals surface area contributed by atoms with Crippen LogP contribution in [-0.4, -0.2) is 49.2 Å². The summed E-state index contributed by atoms with van der Waals surface area (Å²) in [5, 5.41) is 2.37. The lowest BCUT2D eigenvalue weighted by Crippen LogP contribution is -2.61. The minimum atomic E-state index is -4.66. The van der Waals surface area contributed by atoms with Crippen molar-refractivity contribution in [2.24, 2.45) is 11.8 Å². The van der Waals surface area contributed by atoms with Crippen molar-refractivity contribution in [3.05, 3.63) is 28.8 Å². The first-order valence-corrected chi connectivity index (χ1v) is 10.3. The molecule has 1 aromatic rings. The highest BCUT2D eigenvalue weighted by atomic mass is 35.5. The number of anilines is 1. The second-order valence-corrected chi connectivity index (χ2v) is 9.05. The van der Waals surface area contributed by atoms with Gasteiger partial charge in [0.15, 0.2) is 0 Å². The average Bonchev–Trinajstić information content (AvgIpc) is 3.25. The Morgan fingerprint density at radius 1 is 1.39 bits per heavy atom. The van der Waals surface area contributed by atoms with Gasteiger partial charge in [-0.2, -0.15) is 13.2 Å². The lowest BCUT2D eigenvalue weighted by molar-refractivity contribution is -0.144. The van der Waals surface area contributed by atoms with E-state index in [1.165, 1.54) is 18.1 Å². The minimum absolute atomic E-state index is 0.0682. The molecule has 0 aliphatic carbocycles. The van der Waals surface area contributed by atoms with Crippen LogP contribution in [0.5, 0.6) is 0 Å². The van der Waals surface area contributed by atoms with Crippen molar-refractivity contribution in [2.45, 2.75) is 49.4 Å². The van der Waals surface area contributed by atoms with Crippen LogP contribution in [0.1, 0.15) is 25.3 Å². The van der Waals surface area contributed by atoms with E-state index in [1.807, 2.05) is 0 Å². The Balaban J connectivity index is 1.56. The fourth-order valence-corrected chi connectivity index (χ4v) is 6.20. The molecule has 4 heterocycles. The van der Waals surface area contributed by atoms with Crippen LogP contribution in [0, 0.1) is 11.8 Å². The van der Waals surface area contributed by atoms with Crippen molar-refractivity contribution in [1.82, 2.24) is 5.32 Å². The summed E-state index contributed by atoms with van der Waals surface area (Å²) in [7, 11) is 1.26. The molecule has 6 atom stereocenters. The van der Waals surface area contributed by atoms with Crippen LogP contribution < -0.4 is 10.2 Å². The number of hydrogen-bond acceptors (Lipinski definition) is 5. The monoisotopic (exact) mass is 460 g/mol. The molecule has 1 N–H and O–H groups in total. The summed E-state index contributed by atoms with van der Waals surface area (Å²) in [4.78, 5) is 26.7. The molecule has 0 aromatic heterocycles. The quantitative estimate of drug-likeness (QED) is 0.732. The van der Waals surface area contributed by atoms with E-state index in [0.717, 1.165) is 12.1 Å². The Kier molecular flexibility index (Phi) is 4.36. The SMILES string of the molecule is COC(=O)N[C@H]1C[C@]2(C)O[C@]13CCO[C@@H]1[C@H]3[C@H]2C(=O)N1c1ccc(Cl)c(C(F)(F)F)c1. The van der Waals surface area contributed by atoms with Gasteiger partial charge in [0.2, 0.25) is 5.91 Å². The Bertz CT molecular complexity index is 975. The molecule has 4 saturated heterocycles. The van der Waals surface area contributed by atoms with Gasteiger partial charge in [-0.05, 0) is 25.1 Å². The molecule has 1 aromatic carbocycles. The summed E-state index contributed by atoms with van der Waals surface area (Å²) in [6.07, 6.45) is -5.23. The summed E-state index contributed by atoms with van der Waals surface area (Å²) in [6.45, 7) is 2.03. The molecule has 0 saturated carbocycles. The van der Waals surface area contributed by atoms with Crippen LogP contribution in [0.2, 0.25) is 5.02 Å². The summed E-state index contributed by atoms with van der Waals surface area (Å²) in [5.41, 5.74) is -2.69. The molecule has 0 radical (unpaired) electrons. The summed E-state index contributed by atoms with van der Waals surface area (Å²) >= 11 is 5.76. The maximum absolute atomic E-state index is 13.5. The van der Waals surface area contributed by atoms with Crippen LogP contribution in [-0.2, 0) is 25.2 Å². The van der Waals surface area contributed by atoms with Crippen molar-refractivity contribution in [1.29, 1.82) is 0 Å². The molecule has 11 heteroatoms. The highest BCUT2D eigenvalue weighted by molar-refractivity contribution is 6.31. The van der Waals surface area contributed by atoms with Gasteiger partial charge < -0.3 is 19.5 Å². The average molecular weight is 461 g/mol. The molecule has 4 aliphatic rings. The standard InChI is InChI=1S/C20H20ClF3N2O5/c1-18-8-12(25-17(28)29-2)19(31-18)5-6-30-16-14(19)13(18)15(27)26(16)9-3-4-11(21)10(7-9)20(22,23)24/h3-4,7,12-14,16H,5-6,8H2,1-2H3,(H,25,28)/t12-,13-,14+,16+,18-,19+/m0/s1. The Morgan fingerprint density at radius 3 is 2.81 bits per heavy atom. The summed E-state index contributed by atoms with van der Waals surface area (Å²) < 4.78 is 57.3. The van der Waals surface area contributed by atoms with Gasteiger partial charge in [0, 0.05) is 18.5 Å². The number of fused-ring (bicyclic) bond motifs is 2. The predicted octanol–water partition coefficient (Wildman–Crippen LogP) is 3.34. The number of rotatable bonds is 2. The first-order chi connectivity index (χ1) is 14.5. The molecular formula is C20H20ClF3N2O5. The molecule has 5 rings (SSSR count). The smallest absolute Gasteiger partial charge is 0.417 e. The predicted molar refractivity (Wildman–Crippen MR) is 101 cm³/mol. The maximum Gasteiger partial charge on any atom is 0.417 e. The van der Waals surface area contributed by atoms with E-state index in [4.69, 9.17) is 25.8 Å². The Hall–Kier alpha value is -2.04. The normalized spacial score (nSPS) is 38.4. The van der Waals surface area contributed by atoms with E-state index < -0.39 is 58.2 Å². The number of methoxy groups -OCH3 is 1. The van der Waals surface area contributed by atoms with Crippen molar-refractivity contribution < 1.29 is 37.0 Å². The number of nitrogens with zero attached hydrogens (tertiary/aromatic N) is 1. The van der Waals surface area contributed by atoms with Crippen molar-refractivity contribution in [3.63, 3.8) is 0 Å². The van der Waals surface area contributed by atoms with Gasteiger partial charge in [0.1, 0.15) is 6.23 Å². The molecule has 0 unspecified atom stereocenters. The number of alkyl halides is 3. The van der Waals surface area contributed by atoms with Crippen LogP contribution in [0.25, 0.3) is 0 Å². The van der Waals surface area contributed by atoms with Gasteiger partial charge in [-0.25, -0.2) is 4.79 Å². The molecule has 2 amide bonds. The van der Waals surface area contributed by atoms with Gasteiger partial charge in [0.25, 0.3) is 0 Å². The van der Waals surface area contributed by atoms with Gasteiger partial charge >= 0.3 is 12.3 Å². The molecule has 4 aliphatic heterocycles. The Morgan fingerprint density at radius 2 is 2.13 bits per heavy atom. The minimum Gasteiger partial charge on any atom is -0.453 e. The van der Waals surface area contributed by atoms with Crippen LogP contribution >= 0.6 is 11.6 Å². The van der Waals surface area contributed by atoms with E-state index in [9.17, 15) is 22.8 Å². The van der Waals surface area contributed by atoms with E-state index in [1.54, 1.807) is 6.92 Å². The van der Waals surface area contributed by atoms with Gasteiger partial charge in [-0.15, -0.1) is 0 Å². The van der Waals surface area contributed by atoms with Gasteiger partial charge in [-0.1, -0.05) is 11.6 Å². The van der Waals surface area contributed by atoms with E-state index in [0.29, 0.717) is 12.8 Å². The topological polar surface area (TPSA) is 77.1 Å². The number of carbonyl (C=O) groups is 2. The number of alkyl carbamates (subject to hydrolysis) is 1. The van der Waals surface area contributed by atoms with Crippen molar-refractivity contribution >= 4 is 29.3 Å². The molecule has 7 nitrogen and oxygen atoms in total. The number of ether oxygens (including phenoxy) is 3. The molecule has 168 valence electrons. The third kappa shape index (κ3) is 2.74. The summed E-state index contributed by atoms with van der Waals surface area (Å²) in [6, 6.07) is 2.99.